The number of hydrogen-bond acceptors (Lipinski definition) is 4. The molecule has 1 unspecified atom stereocenters. The van der Waals surface area contributed by atoms with Crippen LogP contribution in [-0.2, 0) is 20.6 Å². The molecule has 1 saturated heterocycles. The molecule has 1 aliphatic rings. The van der Waals surface area contributed by atoms with Crippen LogP contribution in [0.4, 0.5) is 4.39 Å². The summed E-state index contributed by atoms with van der Waals surface area (Å²) in [5.41, 5.74) is 5.76. The van der Waals surface area contributed by atoms with E-state index in [1.165, 1.54) is 22.5 Å². The van der Waals surface area contributed by atoms with Crippen molar-refractivity contribution in [3.63, 3.8) is 0 Å². The summed E-state index contributed by atoms with van der Waals surface area (Å²) in [6.45, 7) is 0.967. The summed E-state index contributed by atoms with van der Waals surface area (Å²) in [5.74, 6) is -0.865. The van der Waals surface area contributed by atoms with Gasteiger partial charge in [0.2, 0.25) is 15.9 Å². The third-order valence-electron chi connectivity index (χ3n) is 4.07. The second-order valence-corrected chi connectivity index (χ2v) is 7.91. The van der Waals surface area contributed by atoms with Crippen molar-refractivity contribution in [1.29, 1.82) is 0 Å². The van der Waals surface area contributed by atoms with Crippen LogP contribution in [0.15, 0.2) is 24.3 Å². The van der Waals surface area contributed by atoms with Crippen molar-refractivity contribution in [2.75, 3.05) is 19.6 Å². The number of rotatable bonds is 7. The minimum Gasteiger partial charge on any atom is -0.354 e. The van der Waals surface area contributed by atoms with Gasteiger partial charge in [-0.05, 0) is 30.5 Å². The first kappa shape index (κ1) is 18.8. The van der Waals surface area contributed by atoms with Crippen LogP contribution in [0, 0.1) is 5.82 Å². The van der Waals surface area contributed by atoms with Gasteiger partial charge in [-0.3, -0.25) is 4.79 Å². The highest BCUT2D eigenvalue weighted by molar-refractivity contribution is 7.88. The number of carbonyl (C=O) groups excluding carboxylic acids is 1. The highest BCUT2D eigenvalue weighted by atomic mass is 32.2. The van der Waals surface area contributed by atoms with E-state index in [2.05, 4.69) is 5.32 Å². The molecule has 1 aromatic carbocycles. The van der Waals surface area contributed by atoms with Crippen LogP contribution in [-0.4, -0.2) is 44.3 Å². The molecule has 0 bridgehead atoms. The normalized spacial score (nSPS) is 19.2. The van der Waals surface area contributed by atoms with Gasteiger partial charge in [0.15, 0.2) is 0 Å². The summed E-state index contributed by atoms with van der Waals surface area (Å²) in [4.78, 5) is 11.6. The number of nitrogens with zero attached hydrogens (tertiary/aromatic N) is 1. The van der Waals surface area contributed by atoms with Crippen molar-refractivity contribution in [3.8, 4) is 0 Å². The van der Waals surface area contributed by atoms with Gasteiger partial charge in [-0.25, -0.2) is 12.8 Å². The number of benzene rings is 1. The van der Waals surface area contributed by atoms with E-state index in [1.54, 1.807) is 6.07 Å². The Labute approximate surface area is 142 Å². The summed E-state index contributed by atoms with van der Waals surface area (Å²) >= 11 is 0. The van der Waals surface area contributed by atoms with Gasteiger partial charge in [0.1, 0.15) is 5.82 Å². The van der Waals surface area contributed by atoms with Crippen LogP contribution in [0.1, 0.15) is 31.2 Å². The predicted molar refractivity (Wildman–Crippen MR) is 90.0 cm³/mol. The van der Waals surface area contributed by atoms with Crippen LogP contribution in [0.3, 0.4) is 0 Å². The van der Waals surface area contributed by atoms with Crippen molar-refractivity contribution >= 4 is 15.9 Å². The lowest BCUT2D eigenvalue weighted by Crippen LogP contribution is -2.49. The average molecular weight is 357 g/mol. The number of sulfonamides is 1. The van der Waals surface area contributed by atoms with Crippen molar-refractivity contribution in [3.05, 3.63) is 35.6 Å². The summed E-state index contributed by atoms with van der Waals surface area (Å²) in [6.07, 6.45) is 2.63. The Morgan fingerprint density at radius 1 is 1.38 bits per heavy atom. The van der Waals surface area contributed by atoms with Gasteiger partial charge in [0.25, 0.3) is 0 Å². The molecule has 0 aromatic heterocycles. The Morgan fingerprint density at radius 2 is 2.17 bits per heavy atom. The predicted octanol–water partition coefficient (Wildman–Crippen LogP) is 0.975. The van der Waals surface area contributed by atoms with E-state index in [4.69, 9.17) is 5.73 Å². The highest BCUT2D eigenvalue weighted by Gasteiger charge is 2.32. The fourth-order valence-electron chi connectivity index (χ4n) is 2.92. The van der Waals surface area contributed by atoms with E-state index in [-0.39, 0.29) is 37.2 Å². The molecule has 8 heteroatoms. The van der Waals surface area contributed by atoms with Gasteiger partial charge in [0, 0.05) is 32.1 Å². The summed E-state index contributed by atoms with van der Waals surface area (Å²) in [5, 5.41) is 2.74. The van der Waals surface area contributed by atoms with Gasteiger partial charge in [-0.1, -0.05) is 18.6 Å². The van der Waals surface area contributed by atoms with Gasteiger partial charge in [-0.2, -0.15) is 4.31 Å². The lowest BCUT2D eigenvalue weighted by molar-refractivity contribution is -0.121. The number of halogens is 1. The van der Waals surface area contributed by atoms with Crippen LogP contribution in [0.2, 0.25) is 0 Å². The summed E-state index contributed by atoms with van der Waals surface area (Å²) in [6, 6.07) is 5.36. The standard InChI is InChI=1S/C16H24FN3O3S/c17-14-5-3-4-13(10-14)12-24(22,23)20-9-2-1-6-15(20)11-19-16(21)7-8-18/h3-5,10,15H,1-2,6-9,11-12,18H2,(H,19,21). The number of carbonyl (C=O) groups is 1. The Balaban J connectivity index is 2.06. The minimum absolute atomic E-state index is 0.175. The van der Waals surface area contributed by atoms with Gasteiger partial charge < -0.3 is 11.1 Å². The maximum atomic E-state index is 13.3. The molecule has 1 aliphatic heterocycles. The minimum atomic E-state index is -3.57. The maximum absolute atomic E-state index is 13.3. The zero-order valence-electron chi connectivity index (χ0n) is 13.6. The lowest BCUT2D eigenvalue weighted by Gasteiger charge is -2.34. The number of piperidine rings is 1. The fourth-order valence-corrected chi connectivity index (χ4v) is 4.72. The van der Waals surface area contributed by atoms with E-state index in [1.807, 2.05) is 0 Å². The second-order valence-electron chi connectivity index (χ2n) is 5.99. The van der Waals surface area contributed by atoms with Crippen LogP contribution < -0.4 is 11.1 Å². The van der Waals surface area contributed by atoms with Crippen molar-refractivity contribution in [2.24, 2.45) is 5.73 Å². The van der Waals surface area contributed by atoms with E-state index >= 15 is 0 Å². The Bertz CT molecular complexity index is 666. The van der Waals surface area contributed by atoms with Crippen molar-refractivity contribution in [2.45, 2.75) is 37.5 Å². The van der Waals surface area contributed by atoms with Crippen LogP contribution in [0.25, 0.3) is 0 Å². The molecule has 0 aliphatic carbocycles. The van der Waals surface area contributed by atoms with Gasteiger partial charge in [-0.15, -0.1) is 0 Å². The average Bonchev–Trinajstić information content (AvgIpc) is 2.53. The molecular weight excluding hydrogens is 333 g/mol. The molecule has 2 rings (SSSR count). The maximum Gasteiger partial charge on any atom is 0.221 e. The van der Waals surface area contributed by atoms with Gasteiger partial charge in [0.05, 0.1) is 5.75 Å². The lowest BCUT2D eigenvalue weighted by atomic mass is 10.1. The topological polar surface area (TPSA) is 92.5 Å². The molecule has 1 aromatic rings. The Hall–Kier alpha value is -1.51. The van der Waals surface area contributed by atoms with E-state index in [0.29, 0.717) is 18.5 Å². The van der Waals surface area contributed by atoms with Crippen molar-refractivity contribution < 1.29 is 17.6 Å². The van der Waals surface area contributed by atoms with E-state index in [0.717, 1.165) is 12.8 Å². The SMILES string of the molecule is NCCC(=O)NCC1CCCCN1S(=O)(=O)Cc1cccc(F)c1. The molecule has 0 radical (unpaired) electrons. The number of nitrogens with one attached hydrogen (secondary N) is 1. The molecule has 3 N–H and O–H groups in total. The molecule has 0 spiro atoms. The monoisotopic (exact) mass is 357 g/mol. The molecule has 0 saturated carbocycles. The number of hydrogen-bond donors (Lipinski definition) is 2. The van der Waals surface area contributed by atoms with E-state index in [9.17, 15) is 17.6 Å². The van der Waals surface area contributed by atoms with Crippen LogP contribution in [0.5, 0.6) is 0 Å². The molecule has 1 fully saturated rings. The molecule has 1 atom stereocenters. The zero-order valence-corrected chi connectivity index (χ0v) is 14.4. The summed E-state index contributed by atoms with van der Waals surface area (Å²) < 4.78 is 40.2. The van der Waals surface area contributed by atoms with E-state index < -0.39 is 15.8 Å². The quantitative estimate of drug-likeness (QED) is 0.761. The molecule has 134 valence electrons. The first-order valence-corrected chi connectivity index (χ1v) is 9.74. The molecule has 1 heterocycles. The number of amides is 1. The Kier molecular flexibility index (Phi) is 6.70. The van der Waals surface area contributed by atoms with Gasteiger partial charge >= 0.3 is 0 Å². The first-order chi connectivity index (χ1) is 11.4. The third kappa shape index (κ3) is 5.25. The Morgan fingerprint density at radius 3 is 2.88 bits per heavy atom. The van der Waals surface area contributed by atoms with Crippen LogP contribution >= 0.6 is 0 Å². The smallest absolute Gasteiger partial charge is 0.221 e. The highest BCUT2D eigenvalue weighted by Crippen LogP contribution is 2.23. The first-order valence-electron chi connectivity index (χ1n) is 8.13. The summed E-state index contributed by atoms with van der Waals surface area (Å²) in [7, 11) is -3.57. The fraction of sp³-hybridized carbons (Fsp3) is 0.562. The zero-order chi connectivity index (χ0) is 17.6. The molecule has 24 heavy (non-hydrogen) atoms. The molecule has 6 nitrogen and oxygen atoms in total. The molecular formula is C16H24FN3O3S. The number of nitrogens with two attached hydrogens (primary N) is 1. The van der Waals surface area contributed by atoms with Crippen molar-refractivity contribution in [1.82, 2.24) is 9.62 Å². The largest absolute Gasteiger partial charge is 0.354 e. The second kappa shape index (κ2) is 8.55. The third-order valence-corrected chi connectivity index (χ3v) is 5.97. The molecule has 1 amide bonds.